The molecule has 0 aliphatic carbocycles. The number of ether oxygens (including phenoxy) is 2. The minimum absolute atomic E-state index is 0.110. The summed E-state index contributed by atoms with van der Waals surface area (Å²) < 4.78 is 50.2. The molecule has 0 bridgehead atoms. The first-order chi connectivity index (χ1) is 9.54. The molecule has 0 amide bonds. The molecule has 1 atom stereocenters. The number of fused-ring (bicyclic) bond motifs is 1. The van der Waals surface area contributed by atoms with Crippen LogP contribution in [0.5, 0.6) is 11.5 Å². The van der Waals surface area contributed by atoms with Crippen LogP contribution in [0.15, 0.2) is 12.1 Å². The lowest BCUT2D eigenvalue weighted by Crippen LogP contribution is -2.25. The van der Waals surface area contributed by atoms with Gasteiger partial charge in [-0.25, -0.2) is 0 Å². The topological polar surface area (TPSA) is 30.5 Å². The predicted molar refractivity (Wildman–Crippen MR) is 67.2 cm³/mol. The Morgan fingerprint density at radius 1 is 1.15 bits per heavy atom. The summed E-state index contributed by atoms with van der Waals surface area (Å²) in [7, 11) is 0. The van der Waals surface area contributed by atoms with E-state index in [9.17, 15) is 13.2 Å². The first-order valence-corrected chi connectivity index (χ1v) is 6.77. The van der Waals surface area contributed by atoms with E-state index in [1.54, 1.807) is 0 Å². The molecular formula is C14H16F3NO2. The number of benzene rings is 1. The van der Waals surface area contributed by atoms with Crippen molar-refractivity contribution in [2.24, 2.45) is 0 Å². The predicted octanol–water partition coefficient (Wildman–Crippen LogP) is 2.77. The van der Waals surface area contributed by atoms with Crippen molar-refractivity contribution in [2.75, 3.05) is 19.8 Å². The van der Waals surface area contributed by atoms with Crippen LogP contribution in [-0.2, 0) is 12.6 Å². The molecular weight excluding hydrogens is 271 g/mol. The molecule has 6 heteroatoms. The van der Waals surface area contributed by atoms with Crippen molar-refractivity contribution >= 4 is 0 Å². The third kappa shape index (κ3) is 2.70. The van der Waals surface area contributed by atoms with Crippen molar-refractivity contribution in [1.29, 1.82) is 0 Å². The summed E-state index contributed by atoms with van der Waals surface area (Å²) in [4.78, 5) is 0. The van der Waals surface area contributed by atoms with Gasteiger partial charge in [0.05, 0.1) is 5.56 Å². The molecule has 1 aromatic rings. The Hall–Kier alpha value is -1.43. The molecule has 0 saturated carbocycles. The Labute approximate surface area is 115 Å². The van der Waals surface area contributed by atoms with Gasteiger partial charge in [-0.2, -0.15) is 13.2 Å². The fourth-order valence-electron chi connectivity index (χ4n) is 2.76. The summed E-state index contributed by atoms with van der Waals surface area (Å²) in [5.74, 6) is 0.601. The maximum absolute atomic E-state index is 13.2. The standard InChI is InChI=1S/C14H16F3NO2/c15-14(16,17)11-8-13-12(19-4-5-20-13)7-9(11)6-10-2-1-3-18-10/h7-8,10,18H,1-6H2. The van der Waals surface area contributed by atoms with Gasteiger partial charge in [-0.1, -0.05) is 0 Å². The number of nitrogens with one attached hydrogen (secondary N) is 1. The average Bonchev–Trinajstić information content (AvgIpc) is 2.89. The Bertz CT molecular complexity index is 496. The molecule has 110 valence electrons. The quantitative estimate of drug-likeness (QED) is 0.907. The lowest BCUT2D eigenvalue weighted by atomic mass is 9.98. The summed E-state index contributed by atoms with van der Waals surface area (Å²) in [6, 6.07) is 2.66. The fraction of sp³-hybridized carbons (Fsp3) is 0.571. The van der Waals surface area contributed by atoms with Gasteiger partial charge in [0.2, 0.25) is 0 Å². The monoisotopic (exact) mass is 287 g/mol. The molecule has 2 heterocycles. The molecule has 2 aliphatic rings. The second kappa shape index (κ2) is 5.16. The fourth-order valence-corrected chi connectivity index (χ4v) is 2.76. The van der Waals surface area contributed by atoms with Crippen molar-refractivity contribution in [3.8, 4) is 11.5 Å². The van der Waals surface area contributed by atoms with E-state index >= 15 is 0 Å². The second-order valence-electron chi connectivity index (χ2n) is 5.15. The van der Waals surface area contributed by atoms with E-state index in [0.717, 1.165) is 25.5 Å². The summed E-state index contributed by atoms with van der Waals surface area (Å²) in [5.41, 5.74) is -0.336. The summed E-state index contributed by atoms with van der Waals surface area (Å²) in [6.45, 7) is 1.53. The molecule has 20 heavy (non-hydrogen) atoms. The van der Waals surface area contributed by atoms with Crippen LogP contribution < -0.4 is 14.8 Å². The van der Waals surface area contributed by atoms with Crippen molar-refractivity contribution in [1.82, 2.24) is 5.32 Å². The van der Waals surface area contributed by atoms with Crippen LogP contribution in [-0.4, -0.2) is 25.8 Å². The maximum Gasteiger partial charge on any atom is 0.416 e. The van der Waals surface area contributed by atoms with E-state index in [0.29, 0.717) is 18.8 Å². The molecule has 1 unspecified atom stereocenters. The first kappa shape index (κ1) is 13.5. The highest BCUT2D eigenvalue weighted by Gasteiger charge is 2.36. The van der Waals surface area contributed by atoms with Gasteiger partial charge >= 0.3 is 6.18 Å². The van der Waals surface area contributed by atoms with Gasteiger partial charge < -0.3 is 14.8 Å². The Morgan fingerprint density at radius 3 is 2.45 bits per heavy atom. The highest BCUT2D eigenvalue weighted by atomic mass is 19.4. The smallest absolute Gasteiger partial charge is 0.416 e. The van der Waals surface area contributed by atoms with Crippen LogP contribution in [0.4, 0.5) is 13.2 Å². The number of hydrogen-bond acceptors (Lipinski definition) is 3. The van der Waals surface area contributed by atoms with Crippen molar-refractivity contribution in [3.63, 3.8) is 0 Å². The lowest BCUT2D eigenvalue weighted by Gasteiger charge is -2.23. The average molecular weight is 287 g/mol. The molecule has 1 saturated heterocycles. The highest BCUT2D eigenvalue weighted by Crippen LogP contribution is 2.41. The van der Waals surface area contributed by atoms with E-state index < -0.39 is 11.7 Å². The minimum atomic E-state index is -4.37. The molecule has 1 aromatic carbocycles. The molecule has 1 fully saturated rings. The third-order valence-electron chi connectivity index (χ3n) is 3.70. The van der Waals surface area contributed by atoms with Crippen LogP contribution >= 0.6 is 0 Å². The highest BCUT2D eigenvalue weighted by molar-refractivity contribution is 5.49. The summed E-state index contributed by atoms with van der Waals surface area (Å²) in [6.07, 6.45) is -2.09. The van der Waals surface area contributed by atoms with Crippen LogP contribution in [0, 0.1) is 0 Å². The first-order valence-electron chi connectivity index (χ1n) is 6.77. The largest absolute Gasteiger partial charge is 0.486 e. The zero-order valence-electron chi connectivity index (χ0n) is 10.9. The lowest BCUT2D eigenvalue weighted by molar-refractivity contribution is -0.138. The summed E-state index contributed by atoms with van der Waals surface area (Å²) in [5, 5.41) is 3.22. The Morgan fingerprint density at radius 2 is 1.85 bits per heavy atom. The molecule has 3 nitrogen and oxygen atoms in total. The van der Waals surface area contributed by atoms with E-state index in [2.05, 4.69) is 5.32 Å². The molecule has 0 spiro atoms. The molecule has 0 radical (unpaired) electrons. The number of halogens is 3. The van der Waals surface area contributed by atoms with Gasteiger partial charge in [-0.05, 0) is 43.5 Å². The molecule has 0 aromatic heterocycles. The van der Waals surface area contributed by atoms with Gasteiger partial charge in [0.25, 0.3) is 0 Å². The van der Waals surface area contributed by atoms with Crippen LogP contribution in [0.1, 0.15) is 24.0 Å². The summed E-state index contributed by atoms with van der Waals surface area (Å²) >= 11 is 0. The maximum atomic E-state index is 13.2. The zero-order chi connectivity index (χ0) is 14.2. The van der Waals surface area contributed by atoms with E-state index in [1.807, 2.05) is 0 Å². The number of hydrogen-bond donors (Lipinski definition) is 1. The van der Waals surface area contributed by atoms with Gasteiger partial charge in [0.1, 0.15) is 13.2 Å². The van der Waals surface area contributed by atoms with Crippen LogP contribution in [0.2, 0.25) is 0 Å². The normalized spacial score (nSPS) is 22.1. The van der Waals surface area contributed by atoms with Gasteiger partial charge in [0.15, 0.2) is 11.5 Å². The second-order valence-corrected chi connectivity index (χ2v) is 5.15. The van der Waals surface area contributed by atoms with Crippen molar-refractivity contribution in [3.05, 3.63) is 23.3 Å². The zero-order valence-corrected chi connectivity index (χ0v) is 10.9. The van der Waals surface area contributed by atoms with Gasteiger partial charge in [-0.3, -0.25) is 0 Å². The SMILES string of the molecule is FC(F)(F)c1cc2c(cc1CC1CCCN1)OCCO2. The van der Waals surface area contributed by atoms with Gasteiger partial charge in [0, 0.05) is 6.04 Å². The van der Waals surface area contributed by atoms with Crippen molar-refractivity contribution < 1.29 is 22.6 Å². The van der Waals surface area contributed by atoms with E-state index in [4.69, 9.17) is 9.47 Å². The van der Waals surface area contributed by atoms with Crippen LogP contribution in [0.3, 0.4) is 0 Å². The Balaban J connectivity index is 1.96. The molecule has 1 N–H and O–H groups in total. The molecule has 3 rings (SSSR count). The van der Waals surface area contributed by atoms with Gasteiger partial charge in [-0.15, -0.1) is 0 Å². The third-order valence-corrected chi connectivity index (χ3v) is 3.70. The van der Waals surface area contributed by atoms with Crippen LogP contribution in [0.25, 0.3) is 0 Å². The van der Waals surface area contributed by atoms with Crippen molar-refractivity contribution in [2.45, 2.75) is 31.5 Å². The van der Waals surface area contributed by atoms with E-state index in [1.165, 1.54) is 6.07 Å². The number of rotatable bonds is 2. The molecule has 2 aliphatic heterocycles. The number of alkyl halides is 3. The Kier molecular flexibility index (Phi) is 3.50. The minimum Gasteiger partial charge on any atom is -0.486 e. The van der Waals surface area contributed by atoms with E-state index in [-0.39, 0.29) is 24.0 Å².